The minimum atomic E-state index is -0.871. The monoisotopic (exact) mass is 437 g/mol. The van der Waals surface area contributed by atoms with E-state index >= 15 is 0 Å². The first-order chi connectivity index (χ1) is 14.9. The summed E-state index contributed by atoms with van der Waals surface area (Å²) >= 11 is 6.16. The molecule has 3 atom stereocenters. The van der Waals surface area contributed by atoms with Crippen molar-refractivity contribution in [1.82, 2.24) is 9.47 Å². The molecule has 0 aliphatic carbocycles. The second-order valence-corrected chi connectivity index (χ2v) is 9.00. The van der Waals surface area contributed by atoms with Gasteiger partial charge in [-0.05, 0) is 48.6 Å². The van der Waals surface area contributed by atoms with Crippen molar-refractivity contribution in [3.8, 4) is 5.75 Å². The molecule has 2 aliphatic rings. The Bertz CT molecular complexity index is 1190. The number of piperidine rings is 1. The highest BCUT2D eigenvalue weighted by atomic mass is 35.5. The molecule has 31 heavy (non-hydrogen) atoms. The molecule has 7 heteroatoms. The van der Waals surface area contributed by atoms with Gasteiger partial charge in [0.25, 0.3) is 0 Å². The molecule has 0 spiro atoms. The molecule has 2 amide bonds. The number of fused-ring (bicyclic) bond motifs is 5. The molecule has 2 aliphatic heterocycles. The van der Waals surface area contributed by atoms with E-state index in [1.807, 2.05) is 61.7 Å². The van der Waals surface area contributed by atoms with Crippen LogP contribution in [0.25, 0.3) is 10.9 Å². The van der Waals surface area contributed by atoms with Crippen molar-refractivity contribution >= 4 is 34.3 Å². The summed E-state index contributed by atoms with van der Waals surface area (Å²) in [7, 11) is 0. The van der Waals surface area contributed by atoms with Crippen LogP contribution in [0.2, 0.25) is 5.02 Å². The number of likely N-dealkylation sites (tertiary alicyclic amines) is 1. The summed E-state index contributed by atoms with van der Waals surface area (Å²) in [5, 5.41) is 1.81. The van der Waals surface area contributed by atoms with Gasteiger partial charge in [0.1, 0.15) is 11.7 Å². The van der Waals surface area contributed by atoms with Gasteiger partial charge in [-0.15, -0.1) is 0 Å². The summed E-state index contributed by atoms with van der Waals surface area (Å²) in [6.07, 6.45) is 3.28. The van der Waals surface area contributed by atoms with Gasteiger partial charge < -0.3 is 19.9 Å². The Morgan fingerprint density at radius 2 is 2.03 bits per heavy atom. The molecular formula is C24H24ClN3O3. The number of rotatable bonds is 5. The molecule has 6 nitrogen and oxygen atoms in total. The lowest BCUT2D eigenvalue weighted by Gasteiger charge is -2.52. The number of amides is 2. The summed E-state index contributed by atoms with van der Waals surface area (Å²) in [4.78, 5) is 27.3. The number of nitrogens with zero attached hydrogens (tertiary/aromatic N) is 2. The molecule has 1 saturated heterocycles. The molecule has 3 heterocycles. The fraction of sp³-hybridized carbons (Fsp3) is 0.333. The van der Waals surface area contributed by atoms with E-state index in [9.17, 15) is 9.59 Å². The van der Waals surface area contributed by atoms with Gasteiger partial charge in [0.05, 0.1) is 0 Å². The smallest absolute Gasteiger partial charge is 0.238 e. The van der Waals surface area contributed by atoms with Crippen molar-refractivity contribution in [2.45, 2.75) is 38.0 Å². The molecule has 2 aromatic carbocycles. The van der Waals surface area contributed by atoms with Crippen molar-refractivity contribution in [3.63, 3.8) is 0 Å². The summed E-state index contributed by atoms with van der Waals surface area (Å²) in [5.74, 6) is -1.24. The third-order valence-electron chi connectivity index (χ3n) is 6.58. The van der Waals surface area contributed by atoms with Crippen LogP contribution in [-0.2, 0) is 16.1 Å². The van der Waals surface area contributed by atoms with Gasteiger partial charge in [-0.1, -0.05) is 35.9 Å². The van der Waals surface area contributed by atoms with Crippen LogP contribution in [0, 0.1) is 5.92 Å². The zero-order valence-corrected chi connectivity index (χ0v) is 18.0. The van der Waals surface area contributed by atoms with E-state index in [0.29, 0.717) is 31.0 Å². The summed E-state index contributed by atoms with van der Waals surface area (Å²) < 4.78 is 8.43. The number of hydrogen-bond acceptors (Lipinski definition) is 3. The number of nitrogens with two attached hydrogens (primary N) is 1. The van der Waals surface area contributed by atoms with E-state index in [4.69, 9.17) is 22.1 Å². The number of aryl methyl sites for hydroxylation is 1. The number of aromatic nitrogens is 1. The highest BCUT2D eigenvalue weighted by Gasteiger charge is 2.55. The molecule has 3 unspecified atom stereocenters. The van der Waals surface area contributed by atoms with E-state index in [1.165, 1.54) is 0 Å². The molecule has 3 aromatic rings. The lowest BCUT2D eigenvalue weighted by molar-refractivity contribution is -0.175. The number of ether oxygens (including phenoxy) is 1. The number of carbonyl (C=O) groups excluding carboxylic acids is 2. The van der Waals surface area contributed by atoms with E-state index in [-0.39, 0.29) is 11.8 Å². The van der Waals surface area contributed by atoms with Crippen LogP contribution >= 0.6 is 11.6 Å². The quantitative estimate of drug-likeness (QED) is 0.615. The Balaban J connectivity index is 1.40. The van der Waals surface area contributed by atoms with Crippen LogP contribution < -0.4 is 10.5 Å². The fourth-order valence-corrected chi connectivity index (χ4v) is 5.30. The third-order valence-corrected chi connectivity index (χ3v) is 6.81. The van der Waals surface area contributed by atoms with Crippen LogP contribution in [0.15, 0.2) is 54.7 Å². The topological polar surface area (TPSA) is 77.6 Å². The molecule has 2 N–H and O–H groups in total. The summed E-state index contributed by atoms with van der Waals surface area (Å²) in [5.41, 5.74) is 6.83. The normalized spacial score (nSPS) is 24.7. The first-order valence-corrected chi connectivity index (χ1v) is 10.9. The second kappa shape index (κ2) is 7.31. The van der Waals surface area contributed by atoms with E-state index in [2.05, 4.69) is 4.57 Å². The first kappa shape index (κ1) is 19.9. The Morgan fingerprint density at radius 1 is 1.23 bits per heavy atom. The molecular weight excluding hydrogens is 414 g/mol. The van der Waals surface area contributed by atoms with Crippen molar-refractivity contribution in [2.75, 3.05) is 6.54 Å². The van der Waals surface area contributed by atoms with Crippen molar-refractivity contribution < 1.29 is 14.3 Å². The first-order valence-electron chi connectivity index (χ1n) is 10.5. The van der Waals surface area contributed by atoms with Crippen molar-refractivity contribution in [1.29, 1.82) is 0 Å². The van der Waals surface area contributed by atoms with Crippen LogP contribution in [0.5, 0.6) is 5.75 Å². The van der Waals surface area contributed by atoms with Crippen LogP contribution in [-0.4, -0.2) is 33.6 Å². The summed E-state index contributed by atoms with van der Waals surface area (Å²) in [6.45, 7) is 3.11. The van der Waals surface area contributed by atoms with Crippen molar-refractivity contribution in [3.05, 3.63) is 65.3 Å². The average molecular weight is 438 g/mol. The molecule has 1 aromatic heterocycles. The predicted molar refractivity (Wildman–Crippen MR) is 119 cm³/mol. The van der Waals surface area contributed by atoms with Gasteiger partial charge in [0.15, 0.2) is 5.72 Å². The van der Waals surface area contributed by atoms with Crippen LogP contribution in [0.1, 0.15) is 31.2 Å². The highest BCUT2D eigenvalue weighted by molar-refractivity contribution is 6.31. The van der Waals surface area contributed by atoms with E-state index < -0.39 is 17.6 Å². The molecule has 2 bridgehead atoms. The summed E-state index contributed by atoms with van der Waals surface area (Å²) in [6, 6.07) is 15.5. The largest absolute Gasteiger partial charge is 0.468 e. The fourth-order valence-electron chi connectivity index (χ4n) is 5.13. The predicted octanol–water partition coefficient (Wildman–Crippen LogP) is 3.91. The van der Waals surface area contributed by atoms with Gasteiger partial charge in [-0.3, -0.25) is 9.59 Å². The van der Waals surface area contributed by atoms with Gasteiger partial charge in [-0.2, -0.15) is 0 Å². The number of benzene rings is 2. The third kappa shape index (κ3) is 3.26. The second-order valence-electron chi connectivity index (χ2n) is 8.56. The van der Waals surface area contributed by atoms with E-state index in [0.717, 1.165) is 22.2 Å². The number of carbonyl (C=O) groups is 2. The highest BCUT2D eigenvalue weighted by Crippen LogP contribution is 2.50. The van der Waals surface area contributed by atoms with Crippen molar-refractivity contribution in [2.24, 2.45) is 11.7 Å². The van der Waals surface area contributed by atoms with Gasteiger partial charge in [0, 0.05) is 42.2 Å². The molecule has 1 fully saturated rings. The lowest BCUT2D eigenvalue weighted by atomic mass is 9.73. The van der Waals surface area contributed by atoms with Gasteiger partial charge in [0.2, 0.25) is 11.8 Å². The van der Waals surface area contributed by atoms with E-state index in [1.54, 1.807) is 4.90 Å². The Kier molecular flexibility index (Phi) is 4.70. The number of halogens is 1. The number of primary amides is 1. The maximum absolute atomic E-state index is 13.4. The average Bonchev–Trinajstić information content (AvgIpc) is 3.12. The minimum Gasteiger partial charge on any atom is -0.468 e. The van der Waals surface area contributed by atoms with Crippen LogP contribution in [0.4, 0.5) is 0 Å². The van der Waals surface area contributed by atoms with Crippen LogP contribution in [0.3, 0.4) is 0 Å². The maximum atomic E-state index is 13.4. The number of para-hydroxylation sites is 1. The van der Waals surface area contributed by atoms with Gasteiger partial charge >= 0.3 is 0 Å². The lowest BCUT2D eigenvalue weighted by Crippen LogP contribution is -2.64. The Morgan fingerprint density at radius 3 is 2.84 bits per heavy atom. The molecule has 0 saturated carbocycles. The zero-order chi connectivity index (χ0) is 21.8. The standard InChI is InChI=1S/C24H24ClN3O3/c1-24-14-18(17-5-2-3-6-20(17)31-24)21(22(26)29)23(30)28(24)11-4-10-27-12-9-15-7-8-16(25)13-19(15)27/h2-3,5-9,12-13,18,21H,4,10-11,14H2,1H3,(H2,26,29). The number of hydrogen-bond donors (Lipinski definition) is 1. The molecule has 5 rings (SSSR count). The Hall–Kier alpha value is -2.99. The molecule has 0 radical (unpaired) electrons. The maximum Gasteiger partial charge on any atom is 0.238 e. The SMILES string of the molecule is CC12CC(c3ccccc3O1)C(C(N)=O)C(=O)N2CCCn1ccc2ccc(Cl)cc21. The van der Waals surface area contributed by atoms with Gasteiger partial charge in [-0.25, -0.2) is 0 Å². The zero-order valence-electron chi connectivity index (χ0n) is 17.3. The Labute approximate surface area is 185 Å². The molecule has 160 valence electrons. The minimum absolute atomic E-state index is 0.249.